The van der Waals surface area contributed by atoms with E-state index >= 15 is 0 Å². The molecule has 0 radical (unpaired) electrons. The number of rotatable bonds is 3. The van der Waals surface area contributed by atoms with Gasteiger partial charge in [-0.25, -0.2) is 9.18 Å². The summed E-state index contributed by atoms with van der Waals surface area (Å²) in [5.41, 5.74) is 0.106. The van der Waals surface area contributed by atoms with Gasteiger partial charge in [-0.2, -0.15) is 0 Å². The number of amides is 3. The molecule has 1 saturated heterocycles. The van der Waals surface area contributed by atoms with Gasteiger partial charge in [0.25, 0.3) is 5.91 Å². The van der Waals surface area contributed by atoms with Crippen LogP contribution in [0.25, 0.3) is 0 Å². The van der Waals surface area contributed by atoms with Crippen LogP contribution in [0.1, 0.15) is 31.1 Å². The molecule has 1 heterocycles. The van der Waals surface area contributed by atoms with E-state index in [1.54, 1.807) is 20.8 Å². The Morgan fingerprint density at radius 2 is 2.05 bits per heavy atom. The Morgan fingerprint density at radius 1 is 1.40 bits per heavy atom. The number of nitrogens with one attached hydrogen (secondary N) is 1. The van der Waals surface area contributed by atoms with Crippen molar-refractivity contribution in [2.24, 2.45) is 0 Å². The van der Waals surface area contributed by atoms with Crippen LogP contribution in [0.5, 0.6) is 0 Å². The molecule has 1 aromatic carbocycles. The van der Waals surface area contributed by atoms with Gasteiger partial charge in [-0.3, -0.25) is 9.69 Å². The topological polar surface area (TPSA) is 69.6 Å². The lowest BCUT2D eigenvalue weighted by atomic mass is 10.0. The van der Waals surface area contributed by atoms with Gasteiger partial charge in [0.2, 0.25) is 0 Å². The summed E-state index contributed by atoms with van der Waals surface area (Å²) in [7, 11) is 0. The number of aliphatic hydroxyl groups is 1. The fourth-order valence-electron chi connectivity index (χ4n) is 2.27. The highest BCUT2D eigenvalue weighted by molar-refractivity contribution is 6.06. The number of hydrogen-bond donors (Lipinski definition) is 2. The van der Waals surface area contributed by atoms with Crippen LogP contribution < -0.4 is 5.32 Å². The molecule has 3 amide bonds. The molecular weight excluding hydrogens is 263 g/mol. The summed E-state index contributed by atoms with van der Waals surface area (Å²) in [6.45, 7) is 4.71. The summed E-state index contributed by atoms with van der Waals surface area (Å²) >= 11 is 0. The molecule has 0 aromatic heterocycles. The van der Waals surface area contributed by atoms with Gasteiger partial charge in [-0.1, -0.05) is 6.07 Å². The second-order valence-electron chi connectivity index (χ2n) is 5.49. The number of hydrogen-bond acceptors (Lipinski definition) is 3. The molecule has 1 aliphatic heterocycles. The average Bonchev–Trinajstić information content (AvgIpc) is 2.51. The lowest BCUT2D eigenvalue weighted by Crippen LogP contribution is -2.40. The van der Waals surface area contributed by atoms with Crippen LogP contribution >= 0.6 is 0 Å². The maximum absolute atomic E-state index is 13.0. The Hall–Kier alpha value is -1.95. The minimum absolute atomic E-state index is 0.152. The Kier molecular flexibility index (Phi) is 3.52. The molecule has 2 N–H and O–H groups in total. The van der Waals surface area contributed by atoms with Gasteiger partial charge in [0.15, 0.2) is 0 Å². The zero-order valence-electron chi connectivity index (χ0n) is 11.6. The highest BCUT2D eigenvalue weighted by Crippen LogP contribution is 2.23. The van der Waals surface area contributed by atoms with Crippen LogP contribution in [0, 0.1) is 12.7 Å². The van der Waals surface area contributed by atoms with E-state index in [-0.39, 0.29) is 12.5 Å². The van der Waals surface area contributed by atoms with Crippen LogP contribution in [-0.2, 0) is 4.79 Å². The standard InChI is InChI=1S/C14H17FN2O3/c1-8-6-9(15)4-5-10(8)11(18)7-17-12(19)14(2,3)16-13(17)20/h4-6,11,18H,7H2,1-3H3,(H,16,20). The monoisotopic (exact) mass is 280 g/mol. The number of nitrogens with zero attached hydrogens (tertiary/aromatic N) is 1. The van der Waals surface area contributed by atoms with Crippen molar-refractivity contribution < 1.29 is 19.1 Å². The van der Waals surface area contributed by atoms with Gasteiger partial charge in [0.1, 0.15) is 11.4 Å². The van der Waals surface area contributed by atoms with Gasteiger partial charge in [-0.05, 0) is 44.0 Å². The summed E-state index contributed by atoms with van der Waals surface area (Å²) in [6, 6.07) is 3.47. The van der Waals surface area contributed by atoms with E-state index in [1.165, 1.54) is 18.2 Å². The van der Waals surface area contributed by atoms with Crippen molar-refractivity contribution in [3.8, 4) is 0 Å². The summed E-state index contributed by atoms with van der Waals surface area (Å²) in [6.07, 6.45) is -1.04. The van der Waals surface area contributed by atoms with E-state index in [4.69, 9.17) is 0 Å². The molecule has 1 aliphatic rings. The Bertz CT molecular complexity index is 572. The van der Waals surface area contributed by atoms with Gasteiger partial charge < -0.3 is 10.4 Å². The first kappa shape index (κ1) is 14.5. The van der Waals surface area contributed by atoms with Crippen LogP contribution in [0.15, 0.2) is 18.2 Å². The van der Waals surface area contributed by atoms with E-state index in [0.717, 1.165) is 4.90 Å². The quantitative estimate of drug-likeness (QED) is 0.824. The van der Waals surface area contributed by atoms with Crippen molar-refractivity contribution in [3.05, 3.63) is 35.1 Å². The number of carbonyl (C=O) groups is 2. The van der Waals surface area contributed by atoms with Crippen molar-refractivity contribution in [1.82, 2.24) is 10.2 Å². The number of β-amino-alcohol motifs (C(OH)–C–C–N with tert-alkyl or cyclic N) is 1. The summed E-state index contributed by atoms with van der Waals surface area (Å²) in [5, 5.41) is 12.7. The minimum atomic E-state index is -1.04. The van der Waals surface area contributed by atoms with Crippen molar-refractivity contribution in [2.45, 2.75) is 32.4 Å². The van der Waals surface area contributed by atoms with Crippen molar-refractivity contribution in [3.63, 3.8) is 0 Å². The molecular formula is C14H17FN2O3. The van der Waals surface area contributed by atoms with Crippen molar-refractivity contribution in [2.75, 3.05) is 6.54 Å². The van der Waals surface area contributed by atoms with Crippen molar-refractivity contribution in [1.29, 1.82) is 0 Å². The predicted octanol–water partition coefficient (Wildman–Crippen LogP) is 1.50. The molecule has 0 spiro atoms. The smallest absolute Gasteiger partial charge is 0.325 e. The minimum Gasteiger partial charge on any atom is -0.387 e. The third-order valence-electron chi connectivity index (χ3n) is 3.39. The molecule has 0 bridgehead atoms. The largest absolute Gasteiger partial charge is 0.387 e. The zero-order valence-corrected chi connectivity index (χ0v) is 11.6. The Labute approximate surface area is 116 Å². The van der Waals surface area contributed by atoms with Crippen LogP contribution in [-0.4, -0.2) is 34.0 Å². The van der Waals surface area contributed by atoms with Gasteiger partial charge >= 0.3 is 6.03 Å². The van der Waals surface area contributed by atoms with Gasteiger partial charge in [0.05, 0.1) is 12.6 Å². The molecule has 6 heteroatoms. The lowest BCUT2D eigenvalue weighted by molar-refractivity contribution is -0.131. The third-order valence-corrected chi connectivity index (χ3v) is 3.39. The Morgan fingerprint density at radius 3 is 2.55 bits per heavy atom. The fraction of sp³-hybridized carbons (Fsp3) is 0.429. The average molecular weight is 280 g/mol. The highest BCUT2D eigenvalue weighted by atomic mass is 19.1. The summed E-state index contributed by atoms with van der Waals surface area (Å²) in [5.74, 6) is -0.782. The van der Waals surface area contributed by atoms with E-state index in [9.17, 15) is 19.1 Å². The molecule has 1 atom stereocenters. The summed E-state index contributed by atoms with van der Waals surface area (Å²) < 4.78 is 13.0. The number of aliphatic hydroxyl groups excluding tert-OH is 1. The van der Waals surface area contributed by atoms with Crippen LogP contribution in [0.4, 0.5) is 9.18 Å². The summed E-state index contributed by atoms with van der Waals surface area (Å²) in [4.78, 5) is 24.7. The molecule has 0 saturated carbocycles. The van der Waals surface area contributed by atoms with E-state index in [2.05, 4.69) is 5.32 Å². The third kappa shape index (κ3) is 2.51. The molecule has 108 valence electrons. The second kappa shape index (κ2) is 4.86. The first-order valence-electron chi connectivity index (χ1n) is 6.30. The molecule has 20 heavy (non-hydrogen) atoms. The number of benzene rings is 1. The number of halogens is 1. The van der Waals surface area contributed by atoms with Gasteiger partial charge in [-0.15, -0.1) is 0 Å². The molecule has 1 fully saturated rings. The molecule has 1 unspecified atom stereocenters. The zero-order chi connectivity index (χ0) is 15.1. The molecule has 2 rings (SSSR count). The van der Waals surface area contributed by atoms with E-state index in [0.29, 0.717) is 11.1 Å². The Balaban J connectivity index is 2.18. The molecule has 5 nitrogen and oxygen atoms in total. The maximum Gasteiger partial charge on any atom is 0.325 e. The number of imide groups is 1. The predicted molar refractivity (Wildman–Crippen MR) is 70.4 cm³/mol. The number of carbonyl (C=O) groups excluding carboxylic acids is 2. The lowest BCUT2D eigenvalue weighted by Gasteiger charge is -2.20. The first-order chi connectivity index (χ1) is 9.22. The SMILES string of the molecule is Cc1cc(F)ccc1C(O)CN1C(=O)NC(C)(C)C1=O. The van der Waals surface area contributed by atoms with Crippen molar-refractivity contribution >= 4 is 11.9 Å². The number of aryl methyl sites for hydroxylation is 1. The second-order valence-corrected chi connectivity index (χ2v) is 5.49. The van der Waals surface area contributed by atoms with E-state index in [1.807, 2.05) is 0 Å². The fourth-order valence-corrected chi connectivity index (χ4v) is 2.27. The number of urea groups is 1. The van der Waals surface area contributed by atoms with Crippen LogP contribution in [0.3, 0.4) is 0 Å². The maximum atomic E-state index is 13.0. The van der Waals surface area contributed by atoms with E-state index < -0.39 is 23.5 Å². The first-order valence-corrected chi connectivity index (χ1v) is 6.30. The van der Waals surface area contributed by atoms with Gasteiger partial charge in [0, 0.05) is 0 Å². The molecule has 1 aromatic rings. The normalized spacial score (nSPS) is 19.1. The van der Waals surface area contributed by atoms with Crippen LogP contribution in [0.2, 0.25) is 0 Å². The highest BCUT2D eigenvalue weighted by Gasteiger charge is 2.44. The molecule has 0 aliphatic carbocycles.